The number of carbonyl (C=O) groups is 1. The number of ether oxygens (including phenoxy) is 2. The number of rotatable bonds is 10. The van der Waals surface area contributed by atoms with Gasteiger partial charge in [0.1, 0.15) is 17.2 Å². The Bertz CT molecular complexity index is 1210. The number of fused-ring (bicyclic) bond motifs is 1. The average Bonchev–Trinajstić information content (AvgIpc) is 3.18. The molecule has 0 unspecified atom stereocenters. The number of aromatic amines is 1. The molecule has 2 N–H and O–H groups in total. The summed E-state index contributed by atoms with van der Waals surface area (Å²) in [6.45, 7) is 2.70. The van der Waals surface area contributed by atoms with E-state index in [1.165, 1.54) is 0 Å². The molecule has 0 atom stereocenters. The fourth-order valence-corrected chi connectivity index (χ4v) is 3.78. The number of nitrogens with one attached hydrogen (secondary N) is 1. The van der Waals surface area contributed by atoms with Crippen LogP contribution in [0.25, 0.3) is 10.9 Å². The summed E-state index contributed by atoms with van der Waals surface area (Å²) in [5.74, 6) is 1.68. The summed E-state index contributed by atoms with van der Waals surface area (Å²) in [6.07, 6.45) is 2.70. The van der Waals surface area contributed by atoms with E-state index in [1.807, 2.05) is 60.7 Å². The number of para-hydroxylation sites is 1. The molecule has 0 radical (unpaired) electrons. The molecule has 0 aliphatic rings. The topological polar surface area (TPSA) is 71.6 Å². The third-order valence-electron chi connectivity index (χ3n) is 5.26. The Morgan fingerprint density at radius 1 is 0.970 bits per heavy atom. The number of hydrogen-bond donors (Lipinski definition) is 2. The molecule has 5 nitrogen and oxygen atoms in total. The van der Waals surface area contributed by atoms with E-state index in [4.69, 9.17) is 14.6 Å². The molecule has 0 spiro atoms. The molecule has 6 heteroatoms. The first-order valence-electron chi connectivity index (χ1n) is 10.9. The Morgan fingerprint density at radius 2 is 1.79 bits per heavy atom. The van der Waals surface area contributed by atoms with E-state index in [-0.39, 0.29) is 37.4 Å². The maximum atomic E-state index is 10.9. The maximum absolute atomic E-state index is 10.9. The monoisotopic (exact) mass is 453 g/mol. The third-order valence-corrected chi connectivity index (χ3v) is 5.26. The van der Waals surface area contributed by atoms with E-state index >= 15 is 0 Å². The third kappa shape index (κ3) is 6.87. The summed E-state index contributed by atoms with van der Waals surface area (Å²) in [5.41, 5.74) is 4.00. The number of carboxylic acid groups (broad SMARTS) is 1. The van der Waals surface area contributed by atoms with Crippen molar-refractivity contribution in [1.82, 2.24) is 4.98 Å². The van der Waals surface area contributed by atoms with Crippen LogP contribution in [-0.2, 0) is 24.1 Å². The molecule has 0 saturated carbocycles. The second kappa shape index (κ2) is 11.9. The van der Waals surface area contributed by atoms with Gasteiger partial charge >= 0.3 is 35.5 Å². The van der Waals surface area contributed by atoms with Crippen LogP contribution in [0.5, 0.6) is 17.2 Å². The SMILES string of the molecule is CCCc1cc(Oc2ccccc2)ccc1OCCc1cc2cc(CC(=O)O)ccc2[nH]1.[H-].[Na+]. The fraction of sp³-hybridized carbons (Fsp3) is 0.222. The summed E-state index contributed by atoms with van der Waals surface area (Å²) < 4.78 is 12.1. The van der Waals surface area contributed by atoms with Crippen LogP contribution in [0.4, 0.5) is 0 Å². The summed E-state index contributed by atoms with van der Waals surface area (Å²) in [7, 11) is 0. The molecule has 4 aromatic rings. The summed E-state index contributed by atoms with van der Waals surface area (Å²) in [6, 6.07) is 23.5. The van der Waals surface area contributed by atoms with Crippen LogP contribution in [0, 0.1) is 0 Å². The largest absolute Gasteiger partial charge is 1.00 e. The number of H-pyrrole nitrogens is 1. The second-order valence-electron chi connectivity index (χ2n) is 7.82. The molecule has 3 aromatic carbocycles. The molecule has 0 amide bonds. The van der Waals surface area contributed by atoms with Crippen LogP contribution >= 0.6 is 0 Å². The van der Waals surface area contributed by atoms with Crippen molar-refractivity contribution in [2.45, 2.75) is 32.6 Å². The summed E-state index contributed by atoms with van der Waals surface area (Å²) >= 11 is 0. The minimum absolute atomic E-state index is 0. The van der Waals surface area contributed by atoms with Crippen molar-refractivity contribution in [2.24, 2.45) is 0 Å². The van der Waals surface area contributed by atoms with Crippen LogP contribution < -0.4 is 39.0 Å². The number of benzene rings is 3. The van der Waals surface area contributed by atoms with Gasteiger partial charge < -0.3 is 21.0 Å². The van der Waals surface area contributed by atoms with Crippen LogP contribution in [0.2, 0.25) is 0 Å². The van der Waals surface area contributed by atoms with E-state index in [2.05, 4.69) is 24.0 Å². The summed E-state index contributed by atoms with van der Waals surface area (Å²) in [5, 5.41) is 10.0. The van der Waals surface area contributed by atoms with Gasteiger partial charge in [0.15, 0.2) is 0 Å². The Hall–Kier alpha value is -2.73. The Balaban J connectivity index is 0.00000204. The molecule has 0 aliphatic heterocycles. The van der Waals surface area contributed by atoms with Gasteiger partial charge in [0, 0.05) is 17.6 Å². The maximum Gasteiger partial charge on any atom is 1.00 e. The standard InChI is InChI=1S/C27H27NO4.Na.H/c1-2-6-20-18-24(32-23-7-4-3-5-8-23)10-12-26(20)31-14-13-22-17-21-15-19(16-27(29)30)9-11-25(21)28-22;;/h3-5,7-12,15,17-18,28H,2,6,13-14,16H2,1H3,(H,29,30);;/q;+1;-1. The second-order valence-corrected chi connectivity index (χ2v) is 7.82. The van der Waals surface area contributed by atoms with Crippen molar-refractivity contribution >= 4 is 16.9 Å². The van der Waals surface area contributed by atoms with Gasteiger partial charge in [-0.15, -0.1) is 0 Å². The number of aromatic nitrogens is 1. The minimum atomic E-state index is -0.823. The van der Waals surface area contributed by atoms with Gasteiger partial charge in [-0.2, -0.15) is 0 Å². The van der Waals surface area contributed by atoms with Crippen molar-refractivity contribution < 1.29 is 50.4 Å². The number of aryl methyl sites for hydroxylation is 1. The fourth-order valence-electron chi connectivity index (χ4n) is 3.78. The molecule has 4 rings (SSSR count). The van der Waals surface area contributed by atoms with Crippen LogP contribution in [0.1, 0.15) is 31.6 Å². The Labute approximate surface area is 217 Å². The van der Waals surface area contributed by atoms with Crippen LogP contribution in [0.3, 0.4) is 0 Å². The smallest absolute Gasteiger partial charge is 1.00 e. The molecule has 0 bridgehead atoms. The summed E-state index contributed by atoms with van der Waals surface area (Å²) in [4.78, 5) is 14.3. The first-order chi connectivity index (χ1) is 15.6. The van der Waals surface area contributed by atoms with Crippen LogP contribution in [0.15, 0.2) is 72.8 Å². The quantitative estimate of drug-likeness (QED) is 0.362. The van der Waals surface area contributed by atoms with E-state index < -0.39 is 5.97 Å². The number of hydrogen-bond acceptors (Lipinski definition) is 3. The number of carboxylic acids is 1. The molecular weight excluding hydrogens is 425 g/mol. The van der Waals surface area contributed by atoms with Crippen molar-refractivity contribution in [2.75, 3.05) is 6.61 Å². The predicted octanol–water partition coefficient (Wildman–Crippen LogP) is 3.28. The first kappa shape index (κ1) is 24.9. The first-order valence-corrected chi connectivity index (χ1v) is 10.9. The molecule has 0 fully saturated rings. The van der Waals surface area contributed by atoms with Crippen molar-refractivity contribution in [3.8, 4) is 17.2 Å². The van der Waals surface area contributed by atoms with Gasteiger partial charge in [-0.25, -0.2) is 0 Å². The van der Waals surface area contributed by atoms with Gasteiger partial charge in [0.05, 0.1) is 13.0 Å². The molecule has 33 heavy (non-hydrogen) atoms. The van der Waals surface area contributed by atoms with Crippen LogP contribution in [-0.4, -0.2) is 22.7 Å². The molecule has 0 saturated heterocycles. The van der Waals surface area contributed by atoms with Gasteiger partial charge in [-0.1, -0.05) is 37.6 Å². The van der Waals surface area contributed by atoms with E-state index in [0.29, 0.717) is 6.61 Å². The molecule has 1 heterocycles. The van der Waals surface area contributed by atoms with Gasteiger partial charge in [0.2, 0.25) is 0 Å². The van der Waals surface area contributed by atoms with Gasteiger partial charge in [0.25, 0.3) is 0 Å². The zero-order valence-electron chi connectivity index (χ0n) is 20.1. The van der Waals surface area contributed by atoms with E-state index in [9.17, 15) is 4.79 Å². The molecule has 0 aliphatic carbocycles. The van der Waals surface area contributed by atoms with E-state index in [0.717, 1.165) is 64.2 Å². The Kier molecular flexibility index (Phi) is 9.01. The van der Waals surface area contributed by atoms with Crippen molar-refractivity contribution in [3.63, 3.8) is 0 Å². The molecular formula is C27H28NNaO4. The number of aliphatic carboxylic acids is 1. The van der Waals surface area contributed by atoms with Gasteiger partial charge in [-0.05, 0) is 71.5 Å². The average molecular weight is 454 g/mol. The van der Waals surface area contributed by atoms with Crippen molar-refractivity contribution in [3.05, 3.63) is 89.6 Å². The van der Waals surface area contributed by atoms with Gasteiger partial charge in [-0.3, -0.25) is 4.79 Å². The van der Waals surface area contributed by atoms with E-state index in [1.54, 1.807) is 0 Å². The predicted molar refractivity (Wildman–Crippen MR) is 127 cm³/mol. The minimum Gasteiger partial charge on any atom is -1.00 e. The normalized spacial score (nSPS) is 10.6. The zero-order valence-corrected chi connectivity index (χ0v) is 21.1. The Morgan fingerprint density at radius 3 is 2.55 bits per heavy atom. The zero-order chi connectivity index (χ0) is 22.3. The molecule has 166 valence electrons. The van der Waals surface area contributed by atoms with Crippen molar-refractivity contribution in [1.29, 1.82) is 0 Å². The molecule has 1 aromatic heterocycles.